The Morgan fingerprint density at radius 2 is 2.00 bits per heavy atom. The second-order valence-corrected chi connectivity index (χ2v) is 9.12. The highest BCUT2D eigenvalue weighted by molar-refractivity contribution is 8.00. The van der Waals surface area contributed by atoms with Crippen molar-refractivity contribution < 1.29 is 5.11 Å². The number of likely N-dealkylation sites (tertiary alicyclic amines) is 1. The van der Waals surface area contributed by atoms with Gasteiger partial charge in [-0.2, -0.15) is 0 Å². The molecule has 0 saturated carbocycles. The smallest absolute Gasteiger partial charge is 0.116 e. The minimum absolute atomic E-state index is 0.340. The summed E-state index contributed by atoms with van der Waals surface area (Å²) in [5.74, 6) is 0.340. The summed E-state index contributed by atoms with van der Waals surface area (Å²) in [5, 5.41) is 9.93. The van der Waals surface area contributed by atoms with Crippen LogP contribution >= 0.6 is 23.5 Å². The van der Waals surface area contributed by atoms with Crippen LogP contribution in [0.15, 0.2) is 51.1 Å². The number of phenols is 1. The Balaban J connectivity index is 1.65. The van der Waals surface area contributed by atoms with Crippen molar-refractivity contribution in [3.05, 3.63) is 36.4 Å². The second-order valence-electron chi connectivity index (χ2n) is 7.16. The summed E-state index contributed by atoms with van der Waals surface area (Å²) in [6.45, 7) is 2.23. The van der Waals surface area contributed by atoms with E-state index in [0.29, 0.717) is 11.8 Å². The lowest BCUT2D eigenvalue weighted by molar-refractivity contribution is 0.178. The number of benzene rings is 2. The van der Waals surface area contributed by atoms with Crippen molar-refractivity contribution in [3.63, 3.8) is 0 Å². The summed E-state index contributed by atoms with van der Waals surface area (Å²) in [4.78, 5) is 8.71. The molecule has 2 aliphatic rings. The number of rotatable bonds is 4. The fourth-order valence-electron chi connectivity index (χ4n) is 4.01. The first-order chi connectivity index (χ1) is 12.7. The van der Waals surface area contributed by atoms with E-state index in [4.69, 9.17) is 0 Å². The van der Waals surface area contributed by atoms with E-state index in [1.165, 1.54) is 53.4 Å². The van der Waals surface area contributed by atoms with E-state index in [0.717, 1.165) is 11.4 Å². The van der Waals surface area contributed by atoms with Gasteiger partial charge in [0.05, 0.1) is 11.4 Å². The number of hydrogen-bond acceptors (Lipinski definition) is 5. The summed E-state index contributed by atoms with van der Waals surface area (Å²) < 4.78 is 0. The first-order valence-electron chi connectivity index (χ1n) is 9.32. The van der Waals surface area contributed by atoms with Gasteiger partial charge >= 0.3 is 0 Å². The zero-order chi connectivity index (χ0) is 18.1. The zero-order valence-corrected chi connectivity index (χ0v) is 17.1. The van der Waals surface area contributed by atoms with Crippen LogP contribution in [0.3, 0.4) is 0 Å². The molecule has 0 bridgehead atoms. The van der Waals surface area contributed by atoms with E-state index in [9.17, 15) is 5.11 Å². The fourth-order valence-corrected chi connectivity index (χ4v) is 5.55. The largest absolute Gasteiger partial charge is 0.508 e. The number of phenolic OH excluding ortho intramolecular Hbond substituents is 1. The minimum Gasteiger partial charge on any atom is -0.508 e. The molecule has 0 amide bonds. The molecule has 2 aliphatic heterocycles. The normalized spacial score (nSPS) is 19.9. The number of anilines is 2. The minimum atomic E-state index is 0.340. The number of piperidine rings is 1. The number of aromatic hydroxyl groups is 1. The van der Waals surface area contributed by atoms with Gasteiger partial charge in [0.15, 0.2) is 0 Å². The van der Waals surface area contributed by atoms with Crippen LogP contribution in [-0.2, 0) is 0 Å². The van der Waals surface area contributed by atoms with Crippen molar-refractivity contribution in [1.82, 2.24) is 4.90 Å². The molecule has 1 unspecified atom stereocenters. The number of thioether (sulfide) groups is 1. The van der Waals surface area contributed by atoms with E-state index < -0.39 is 0 Å². The number of nitrogens with zero attached hydrogens (tertiary/aromatic N) is 2. The maximum atomic E-state index is 9.93. The molecule has 26 heavy (non-hydrogen) atoms. The van der Waals surface area contributed by atoms with Gasteiger partial charge in [0.1, 0.15) is 5.75 Å². The molecule has 2 aromatic carbocycles. The zero-order valence-electron chi connectivity index (χ0n) is 15.4. The molecule has 2 heterocycles. The average Bonchev–Trinajstić information content (AvgIpc) is 2.65. The van der Waals surface area contributed by atoms with Crippen LogP contribution in [0.1, 0.15) is 25.7 Å². The monoisotopic (exact) mass is 386 g/mol. The predicted molar refractivity (Wildman–Crippen MR) is 112 cm³/mol. The van der Waals surface area contributed by atoms with Gasteiger partial charge in [-0.25, -0.2) is 0 Å². The number of fused-ring (bicyclic) bond motifs is 2. The molecule has 1 N–H and O–H groups in total. The van der Waals surface area contributed by atoms with Crippen LogP contribution in [0.25, 0.3) is 0 Å². The summed E-state index contributed by atoms with van der Waals surface area (Å²) >= 11 is 3.55. The van der Waals surface area contributed by atoms with Crippen molar-refractivity contribution >= 4 is 34.9 Å². The summed E-state index contributed by atoms with van der Waals surface area (Å²) in [5.41, 5.74) is 2.52. The molecule has 138 valence electrons. The summed E-state index contributed by atoms with van der Waals surface area (Å²) in [7, 11) is 2.27. The average molecular weight is 387 g/mol. The van der Waals surface area contributed by atoms with E-state index in [1.54, 1.807) is 23.5 Å². The van der Waals surface area contributed by atoms with Crippen molar-refractivity contribution in [2.24, 2.45) is 0 Å². The van der Waals surface area contributed by atoms with Crippen LogP contribution in [0.5, 0.6) is 5.75 Å². The molecule has 0 radical (unpaired) electrons. The fraction of sp³-hybridized carbons (Fsp3) is 0.429. The number of hydrogen-bond donors (Lipinski definition) is 1. The Kier molecular flexibility index (Phi) is 5.39. The molecule has 3 nitrogen and oxygen atoms in total. The van der Waals surface area contributed by atoms with E-state index in [-0.39, 0.29) is 0 Å². The molecule has 5 heteroatoms. The third-order valence-electron chi connectivity index (χ3n) is 5.52. The predicted octanol–water partition coefficient (Wildman–Crippen LogP) is 5.59. The maximum Gasteiger partial charge on any atom is 0.116 e. The summed E-state index contributed by atoms with van der Waals surface area (Å²) in [6, 6.07) is 13.2. The lowest BCUT2D eigenvalue weighted by Gasteiger charge is -2.37. The van der Waals surface area contributed by atoms with Gasteiger partial charge in [-0.05, 0) is 75.5 Å². The van der Waals surface area contributed by atoms with Crippen molar-refractivity contribution in [1.29, 1.82) is 0 Å². The molecule has 1 fully saturated rings. The summed E-state index contributed by atoms with van der Waals surface area (Å²) in [6.07, 6.45) is 7.28. The Hall–Kier alpha value is -1.30. The molecule has 1 saturated heterocycles. The Labute approximate surface area is 164 Å². The van der Waals surface area contributed by atoms with Crippen molar-refractivity contribution in [3.8, 4) is 5.75 Å². The van der Waals surface area contributed by atoms with Crippen LogP contribution in [-0.4, -0.2) is 42.4 Å². The van der Waals surface area contributed by atoms with Crippen LogP contribution in [0, 0.1) is 0 Å². The maximum absolute atomic E-state index is 9.93. The van der Waals surface area contributed by atoms with E-state index in [1.807, 2.05) is 12.1 Å². The van der Waals surface area contributed by atoms with Gasteiger partial charge in [-0.1, -0.05) is 18.2 Å². The van der Waals surface area contributed by atoms with Crippen molar-refractivity contribution in [2.75, 3.05) is 31.3 Å². The quantitative estimate of drug-likeness (QED) is 0.691. The Morgan fingerprint density at radius 1 is 1.12 bits per heavy atom. The van der Waals surface area contributed by atoms with Crippen molar-refractivity contribution in [2.45, 2.75) is 46.4 Å². The highest BCUT2D eigenvalue weighted by Crippen LogP contribution is 2.50. The standard InChI is InChI=1S/C21H26N2OS2/c1-22-11-4-3-5-15(22)10-12-23-18-8-6-16(24)13-21(18)26-20-9-7-17(25-2)14-19(20)23/h6-9,13-15,24H,3-5,10-12H2,1-2H3. The third-order valence-corrected chi connectivity index (χ3v) is 7.36. The van der Waals surface area contributed by atoms with Gasteiger partial charge < -0.3 is 14.9 Å². The lowest BCUT2D eigenvalue weighted by Crippen LogP contribution is -2.38. The third kappa shape index (κ3) is 3.57. The molecule has 2 aromatic rings. The molecule has 0 spiro atoms. The first-order valence-corrected chi connectivity index (χ1v) is 11.4. The molecule has 1 atom stereocenters. The first kappa shape index (κ1) is 18.1. The molecule has 0 aliphatic carbocycles. The van der Waals surface area contributed by atoms with Crippen LogP contribution in [0.4, 0.5) is 11.4 Å². The lowest BCUT2D eigenvalue weighted by atomic mass is 9.99. The Morgan fingerprint density at radius 3 is 2.81 bits per heavy atom. The van der Waals surface area contributed by atoms with Gasteiger partial charge in [0.2, 0.25) is 0 Å². The Bertz CT molecular complexity index is 796. The second kappa shape index (κ2) is 7.75. The molecule has 0 aromatic heterocycles. The molecule has 4 rings (SSSR count). The van der Waals surface area contributed by atoms with Gasteiger partial charge in [0.25, 0.3) is 0 Å². The van der Waals surface area contributed by atoms with Gasteiger partial charge in [-0.3, -0.25) is 0 Å². The topological polar surface area (TPSA) is 26.7 Å². The van der Waals surface area contributed by atoms with E-state index >= 15 is 0 Å². The van der Waals surface area contributed by atoms with E-state index in [2.05, 4.69) is 47.4 Å². The van der Waals surface area contributed by atoms with Gasteiger partial charge in [-0.15, -0.1) is 11.8 Å². The highest BCUT2D eigenvalue weighted by atomic mass is 32.2. The highest BCUT2D eigenvalue weighted by Gasteiger charge is 2.26. The SMILES string of the molecule is CSc1ccc2c(c1)N(CCC1CCCCN1C)c1ccc(O)cc1S2. The molecular formula is C21H26N2OS2. The molecular weight excluding hydrogens is 360 g/mol. The van der Waals surface area contributed by atoms with Crippen LogP contribution in [0.2, 0.25) is 0 Å². The van der Waals surface area contributed by atoms with Crippen LogP contribution < -0.4 is 4.90 Å². The van der Waals surface area contributed by atoms with Gasteiger partial charge in [0, 0.05) is 27.3 Å².